The van der Waals surface area contributed by atoms with Gasteiger partial charge in [0.25, 0.3) is 0 Å². The summed E-state index contributed by atoms with van der Waals surface area (Å²) in [7, 11) is 0. The second kappa shape index (κ2) is 5.68. The van der Waals surface area contributed by atoms with Crippen molar-refractivity contribution in [1.29, 1.82) is 0 Å². The summed E-state index contributed by atoms with van der Waals surface area (Å²) in [4.78, 5) is 0. The van der Waals surface area contributed by atoms with E-state index in [1.165, 1.54) is 22.3 Å². The predicted octanol–water partition coefficient (Wildman–Crippen LogP) is 5.06. The lowest BCUT2D eigenvalue weighted by Crippen LogP contribution is -2.09. The van der Waals surface area contributed by atoms with Gasteiger partial charge in [-0.25, -0.2) is 0 Å². The minimum Gasteiger partial charge on any atom is -0.0943 e. The Bertz CT molecular complexity index is 516. The first-order valence-corrected chi connectivity index (χ1v) is 6.48. The molecular formula is C18H20. The number of hydrogen-bond acceptors (Lipinski definition) is 0. The van der Waals surface area contributed by atoms with Gasteiger partial charge in [0.2, 0.25) is 0 Å². The molecule has 0 N–H and O–H groups in total. The Kier molecular flexibility index (Phi) is 3.99. The second-order valence-electron chi connectivity index (χ2n) is 4.70. The highest BCUT2D eigenvalue weighted by molar-refractivity contribution is 5.59. The van der Waals surface area contributed by atoms with E-state index in [-0.39, 0.29) is 0 Å². The fourth-order valence-electron chi connectivity index (χ4n) is 2.36. The normalized spacial score (nSPS) is 23.8. The molecule has 0 aliphatic heterocycles. The van der Waals surface area contributed by atoms with Crippen LogP contribution in [0.5, 0.6) is 0 Å². The van der Waals surface area contributed by atoms with E-state index in [9.17, 15) is 0 Å². The van der Waals surface area contributed by atoms with Crippen molar-refractivity contribution in [3.8, 4) is 0 Å². The van der Waals surface area contributed by atoms with Crippen molar-refractivity contribution >= 4 is 0 Å². The van der Waals surface area contributed by atoms with Gasteiger partial charge in [0, 0.05) is 5.92 Å². The van der Waals surface area contributed by atoms with Crippen LogP contribution in [-0.2, 0) is 0 Å². The summed E-state index contributed by atoms with van der Waals surface area (Å²) in [5.41, 5.74) is 5.15. The minimum atomic E-state index is 0.330. The summed E-state index contributed by atoms with van der Waals surface area (Å²) in [5.74, 6) is 0.330. The summed E-state index contributed by atoms with van der Waals surface area (Å²) in [6.07, 6.45) is 20.5. The molecule has 2 aliphatic carbocycles. The molecule has 0 fully saturated rings. The third-order valence-corrected chi connectivity index (χ3v) is 3.41. The number of allylic oxidation sites excluding steroid dienone is 13. The zero-order valence-electron chi connectivity index (χ0n) is 11.2. The molecule has 1 unspecified atom stereocenters. The monoisotopic (exact) mass is 236 g/mol. The van der Waals surface area contributed by atoms with Crippen molar-refractivity contribution in [2.45, 2.75) is 20.3 Å². The Morgan fingerprint density at radius 3 is 2.78 bits per heavy atom. The van der Waals surface area contributed by atoms with Gasteiger partial charge in [-0.15, -0.1) is 0 Å². The molecule has 0 heteroatoms. The summed E-state index contributed by atoms with van der Waals surface area (Å²) >= 11 is 0. The van der Waals surface area contributed by atoms with Gasteiger partial charge < -0.3 is 0 Å². The highest BCUT2D eigenvalue weighted by atomic mass is 14.2. The van der Waals surface area contributed by atoms with Crippen molar-refractivity contribution in [2.24, 2.45) is 5.92 Å². The van der Waals surface area contributed by atoms with E-state index in [1.54, 1.807) is 0 Å². The molecule has 92 valence electrons. The Morgan fingerprint density at radius 2 is 2.11 bits per heavy atom. The van der Waals surface area contributed by atoms with Crippen molar-refractivity contribution in [3.05, 3.63) is 83.6 Å². The van der Waals surface area contributed by atoms with Gasteiger partial charge in [-0.05, 0) is 37.0 Å². The molecule has 0 aromatic carbocycles. The average Bonchev–Trinajstić information content (AvgIpc) is 2.87. The van der Waals surface area contributed by atoms with Crippen LogP contribution in [0.2, 0.25) is 0 Å². The van der Waals surface area contributed by atoms with Gasteiger partial charge >= 0.3 is 0 Å². The molecule has 0 bridgehead atoms. The van der Waals surface area contributed by atoms with E-state index >= 15 is 0 Å². The fraction of sp³-hybridized carbons (Fsp3) is 0.222. The molecule has 0 saturated carbocycles. The van der Waals surface area contributed by atoms with Gasteiger partial charge in [-0.1, -0.05) is 66.8 Å². The highest BCUT2D eigenvalue weighted by Gasteiger charge is 2.20. The zero-order valence-corrected chi connectivity index (χ0v) is 11.2. The molecule has 1 atom stereocenters. The summed E-state index contributed by atoms with van der Waals surface area (Å²) in [6.45, 7) is 8.49. The summed E-state index contributed by atoms with van der Waals surface area (Å²) in [5, 5.41) is 0. The van der Waals surface area contributed by atoms with E-state index in [4.69, 9.17) is 0 Å². The van der Waals surface area contributed by atoms with Crippen molar-refractivity contribution in [3.63, 3.8) is 0 Å². The van der Waals surface area contributed by atoms with Crippen LogP contribution in [0, 0.1) is 5.92 Å². The largest absolute Gasteiger partial charge is 0.0943 e. The van der Waals surface area contributed by atoms with Gasteiger partial charge in [0.05, 0.1) is 0 Å². The van der Waals surface area contributed by atoms with E-state index in [0.29, 0.717) is 5.92 Å². The minimum absolute atomic E-state index is 0.330. The lowest BCUT2D eigenvalue weighted by Gasteiger charge is -2.23. The summed E-state index contributed by atoms with van der Waals surface area (Å²) in [6, 6.07) is 0. The maximum absolute atomic E-state index is 4.29. The Balaban J connectivity index is 2.26. The Hall–Kier alpha value is -1.82. The van der Waals surface area contributed by atoms with Crippen molar-refractivity contribution in [1.82, 2.24) is 0 Å². The fourth-order valence-corrected chi connectivity index (χ4v) is 2.36. The van der Waals surface area contributed by atoms with E-state index in [0.717, 1.165) is 6.42 Å². The standard InChI is InChI=1S/C18H20/c1-4-5-6-11-17-14(2)12-13-18(15(17)3)16-9-7-8-10-16/h4-7,9-13,17H,3,8H2,1-2H3/b5-4-,11-6-. The van der Waals surface area contributed by atoms with Gasteiger partial charge in [0.1, 0.15) is 0 Å². The molecule has 18 heavy (non-hydrogen) atoms. The van der Waals surface area contributed by atoms with Crippen molar-refractivity contribution in [2.75, 3.05) is 0 Å². The van der Waals surface area contributed by atoms with Crippen LogP contribution < -0.4 is 0 Å². The molecule has 0 aromatic rings. The summed E-state index contributed by atoms with van der Waals surface area (Å²) < 4.78 is 0. The maximum atomic E-state index is 4.29. The van der Waals surface area contributed by atoms with Crippen LogP contribution >= 0.6 is 0 Å². The van der Waals surface area contributed by atoms with Gasteiger partial charge in [-0.2, -0.15) is 0 Å². The molecule has 2 aliphatic rings. The lowest BCUT2D eigenvalue weighted by atomic mass is 9.81. The van der Waals surface area contributed by atoms with Crippen LogP contribution in [0.25, 0.3) is 0 Å². The molecule has 0 radical (unpaired) electrons. The average molecular weight is 236 g/mol. The van der Waals surface area contributed by atoms with Crippen LogP contribution in [0.15, 0.2) is 83.6 Å². The molecule has 0 saturated heterocycles. The Morgan fingerprint density at radius 1 is 1.28 bits per heavy atom. The van der Waals surface area contributed by atoms with Gasteiger partial charge in [-0.3, -0.25) is 0 Å². The number of hydrogen-bond donors (Lipinski definition) is 0. The molecular weight excluding hydrogens is 216 g/mol. The SMILES string of the molecule is C=C1C(C2=CCC=C2)=CC=C(C)C1/C=C\C=C/C. The molecule has 0 spiro atoms. The van der Waals surface area contributed by atoms with E-state index in [2.05, 4.69) is 62.1 Å². The second-order valence-corrected chi connectivity index (χ2v) is 4.70. The topological polar surface area (TPSA) is 0 Å². The molecule has 0 aromatic heterocycles. The maximum Gasteiger partial charge on any atom is 0.0232 e. The zero-order chi connectivity index (χ0) is 13.0. The first kappa shape index (κ1) is 12.6. The van der Waals surface area contributed by atoms with Gasteiger partial charge in [0.15, 0.2) is 0 Å². The number of rotatable bonds is 3. The quantitative estimate of drug-likeness (QED) is 0.600. The van der Waals surface area contributed by atoms with E-state index < -0.39 is 0 Å². The smallest absolute Gasteiger partial charge is 0.0232 e. The highest BCUT2D eigenvalue weighted by Crippen LogP contribution is 2.35. The predicted molar refractivity (Wildman–Crippen MR) is 80.3 cm³/mol. The first-order valence-electron chi connectivity index (χ1n) is 6.48. The Labute approximate surface area is 110 Å². The van der Waals surface area contributed by atoms with Crippen molar-refractivity contribution < 1.29 is 0 Å². The third-order valence-electron chi connectivity index (χ3n) is 3.41. The first-order chi connectivity index (χ1) is 8.74. The van der Waals surface area contributed by atoms with E-state index in [1.807, 2.05) is 13.0 Å². The van der Waals surface area contributed by atoms with Crippen LogP contribution in [0.4, 0.5) is 0 Å². The van der Waals surface area contributed by atoms with Crippen LogP contribution in [0.3, 0.4) is 0 Å². The molecule has 0 amide bonds. The van der Waals surface area contributed by atoms with Crippen LogP contribution in [-0.4, -0.2) is 0 Å². The molecule has 0 heterocycles. The third kappa shape index (κ3) is 2.53. The molecule has 0 nitrogen and oxygen atoms in total. The lowest BCUT2D eigenvalue weighted by molar-refractivity contribution is 0.896. The van der Waals surface area contributed by atoms with Crippen LogP contribution in [0.1, 0.15) is 20.3 Å². The molecule has 2 rings (SSSR count).